The fourth-order valence-electron chi connectivity index (χ4n) is 2.91. The van der Waals surface area contributed by atoms with Gasteiger partial charge in [-0.1, -0.05) is 30.0 Å². The predicted octanol–water partition coefficient (Wildman–Crippen LogP) is 3.85. The van der Waals surface area contributed by atoms with E-state index in [2.05, 4.69) is 16.9 Å². The Kier molecular flexibility index (Phi) is 7.13. The van der Waals surface area contributed by atoms with Crippen LogP contribution in [-0.4, -0.2) is 47.9 Å². The highest BCUT2D eigenvalue weighted by Crippen LogP contribution is 2.32. The topological polar surface area (TPSA) is 80.2 Å². The molecule has 0 aliphatic carbocycles. The molecule has 156 valence electrons. The van der Waals surface area contributed by atoms with Crippen molar-refractivity contribution < 1.29 is 19.1 Å². The van der Waals surface area contributed by atoms with Crippen molar-refractivity contribution in [2.24, 2.45) is 4.99 Å². The van der Waals surface area contributed by atoms with E-state index in [4.69, 9.17) is 9.47 Å². The van der Waals surface area contributed by atoms with Gasteiger partial charge in [0.15, 0.2) is 5.17 Å². The number of thioether (sulfide) groups is 1. The average molecular weight is 426 g/mol. The number of nitrogens with one attached hydrogen (secondary N) is 1. The van der Waals surface area contributed by atoms with E-state index in [1.165, 1.54) is 18.9 Å². The van der Waals surface area contributed by atoms with Crippen LogP contribution in [0.1, 0.15) is 6.42 Å². The van der Waals surface area contributed by atoms with Crippen LogP contribution in [-0.2, 0) is 9.59 Å². The van der Waals surface area contributed by atoms with E-state index in [1.807, 2.05) is 18.2 Å². The third kappa shape index (κ3) is 5.01. The lowest BCUT2D eigenvalue weighted by Crippen LogP contribution is -2.33. The van der Waals surface area contributed by atoms with Gasteiger partial charge in [-0.2, -0.15) is 0 Å². The Morgan fingerprint density at radius 3 is 2.60 bits per heavy atom. The molecule has 2 aromatic carbocycles. The van der Waals surface area contributed by atoms with Crippen molar-refractivity contribution in [3.63, 3.8) is 0 Å². The van der Waals surface area contributed by atoms with E-state index in [1.54, 1.807) is 48.4 Å². The maximum absolute atomic E-state index is 12.9. The summed E-state index contributed by atoms with van der Waals surface area (Å²) in [7, 11) is 3.13. The van der Waals surface area contributed by atoms with Crippen LogP contribution in [0.4, 0.5) is 11.4 Å². The molecule has 0 spiro atoms. The zero-order valence-electron chi connectivity index (χ0n) is 16.8. The highest BCUT2D eigenvalue weighted by atomic mass is 32.2. The lowest BCUT2D eigenvalue weighted by molar-refractivity contribution is -0.127. The Balaban J connectivity index is 1.74. The second-order valence-corrected chi connectivity index (χ2v) is 7.56. The minimum Gasteiger partial charge on any atom is -0.497 e. The molecule has 1 unspecified atom stereocenters. The Labute approximate surface area is 179 Å². The highest BCUT2D eigenvalue weighted by Gasteiger charge is 2.38. The Morgan fingerprint density at radius 2 is 1.93 bits per heavy atom. The molecule has 7 nitrogen and oxygen atoms in total. The maximum atomic E-state index is 12.9. The largest absolute Gasteiger partial charge is 0.497 e. The van der Waals surface area contributed by atoms with Crippen molar-refractivity contribution in [2.45, 2.75) is 11.7 Å². The quantitative estimate of drug-likeness (QED) is 0.650. The Bertz CT molecular complexity index is 959. The van der Waals surface area contributed by atoms with Crippen LogP contribution in [0.2, 0.25) is 0 Å². The molecule has 0 bridgehead atoms. The van der Waals surface area contributed by atoms with Gasteiger partial charge in [-0.25, -0.2) is 4.99 Å². The number of anilines is 1. The van der Waals surface area contributed by atoms with Gasteiger partial charge in [0.05, 0.1) is 25.6 Å². The van der Waals surface area contributed by atoms with Gasteiger partial charge >= 0.3 is 0 Å². The molecule has 3 rings (SSSR count). The van der Waals surface area contributed by atoms with E-state index in [-0.39, 0.29) is 18.2 Å². The number of ether oxygens (including phenoxy) is 2. The zero-order chi connectivity index (χ0) is 21.5. The minimum absolute atomic E-state index is 0.0246. The van der Waals surface area contributed by atoms with E-state index in [0.717, 1.165) is 5.75 Å². The highest BCUT2D eigenvalue weighted by molar-refractivity contribution is 8.15. The van der Waals surface area contributed by atoms with Gasteiger partial charge in [-0.3, -0.25) is 14.5 Å². The number of para-hydroxylation sites is 2. The SMILES string of the molecule is C=CCN1C(=O)C(CC(=O)Nc2ccccc2OC)SC1=Nc1ccc(OC)cc1. The summed E-state index contributed by atoms with van der Waals surface area (Å²) < 4.78 is 10.4. The van der Waals surface area contributed by atoms with Crippen molar-refractivity contribution in [3.8, 4) is 11.5 Å². The molecule has 1 atom stereocenters. The third-order valence-electron chi connectivity index (χ3n) is 4.38. The first-order chi connectivity index (χ1) is 14.5. The molecule has 8 heteroatoms. The van der Waals surface area contributed by atoms with E-state index < -0.39 is 5.25 Å². The van der Waals surface area contributed by atoms with E-state index in [0.29, 0.717) is 28.8 Å². The van der Waals surface area contributed by atoms with E-state index >= 15 is 0 Å². The van der Waals surface area contributed by atoms with Gasteiger partial charge in [0.1, 0.15) is 16.7 Å². The number of amidine groups is 1. The van der Waals surface area contributed by atoms with Crippen LogP contribution >= 0.6 is 11.8 Å². The van der Waals surface area contributed by atoms with Crippen molar-refractivity contribution in [1.82, 2.24) is 4.90 Å². The molecule has 0 radical (unpaired) electrons. The Morgan fingerprint density at radius 1 is 1.20 bits per heavy atom. The number of methoxy groups -OCH3 is 2. The van der Waals surface area contributed by atoms with Crippen molar-refractivity contribution >= 4 is 40.1 Å². The van der Waals surface area contributed by atoms with E-state index in [9.17, 15) is 9.59 Å². The number of carbonyl (C=O) groups excluding carboxylic acids is 2. The summed E-state index contributed by atoms with van der Waals surface area (Å²) in [6.07, 6.45) is 1.66. The number of benzene rings is 2. The normalized spacial score (nSPS) is 17.1. The summed E-state index contributed by atoms with van der Waals surface area (Å²) in [6.45, 7) is 4.04. The van der Waals surface area contributed by atoms with Gasteiger partial charge < -0.3 is 14.8 Å². The van der Waals surface area contributed by atoms with Gasteiger partial charge in [0, 0.05) is 13.0 Å². The minimum atomic E-state index is -0.559. The van der Waals surface area contributed by atoms with Crippen molar-refractivity contribution in [3.05, 3.63) is 61.2 Å². The molecule has 0 aromatic heterocycles. The van der Waals surface area contributed by atoms with Crippen LogP contribution in [0.25, 0.3) is 0 Å². The number of carbonyl (C=O) groups is 2. The van der Waals surface area contributed by atoms with Crippen LogP contribution < -0.4 is 14.8 Å². The standard InChI is InChI=1S/C22H23N3O4S/c1-4-13-25-21(27)19(14-20(26)24-17-7-5-6-8-18(17)29-3)30-22(25)23-15-9-11-16(28-2)12-10-15/h4-12,19H,1,13-14H2,2-3H3,(H,24,26). The average Bonchev–Trinajstić information content (AvgIpc) is 3.03. The lowest BCUT2D eigenvalue weighted by atomic mass is 10.2. The molecule has 2 aromatic rings. The van der Waals surface area contributed by atoms with Crippen LogP contribution in [0.3, 0.4) is 0 Å². The molecule has 1 aliphatic heterocycles. The zero-order valence-corrected chi connectivity index (χ0v) is 17.6. The number of rotatable bonds is 8. The van der Waals surface area contributed by atoms with Crippen LogP contribution in [0, 0.1) is 0 Å². The number of nitrogens with zero attached hydrogens (tertiary/aromatic N) is 2. The summed E-state index contributed by atoms with van der Waals surface area (Å²) in [4.78, 5) is 31.5. The number of hydrogen-bond donors (Lipinski definition) is 1. The molecule has 1 fully saturated rings. The van der Waals surface area contributed by atoms with Crippen molar-refractivity contribution in [2.75, 3.05) is 26.1 Å². The summed E-state index contributed by atoms with van der Waals surface area (Å²) in [6, 6.07) is 14.4. The van der Waals surface area contributed by atoms with Gasteiger partial charge in [0.2, 0.25) is 11.8 Å². The first-order valence-electron chi connectivity index (χ1n) is 9.30. The first-order valence-corrected chi connectivity index (χ1v) is 10.2. The molecular weight excluding hydrogens is 402 g/mol. The van der Waals surface area contributed by atoms with Crippen LogP contribution in [0.15, 0.2) is 66.2 Å². The van der Waals surface area contributed by atoms with Crippen LogP contribution in [0.5, 0.6) is 11.5 Å². The molecule has 1 N–H and O–H groups in total. The molecule has 1 aliphatic rings. The fraction of sp³-hybridized carbons (Fsp3) is 0.227. The molecule has 0 saturated carbocycles. The molecule has 2 amide bonds. The van der Waals surface area contributed by atoms with Gasteiger partial charge in [-0.15, -0.1) is 6.58 Å². The second-order valence-electron chi connectivity index (χ2n) is 6.39. The summed E-state index contributed by atoms with van der Waals surface area (Å²) in [5, 5.41) is 2.79. The second kappa shape index (κ2) is 9.98. The summed E-state index contributed by atoms with van der Waals surface area (Å²) >= 11 is 1.28. The molecular formula is C22H23N3O4S. The van der Waals surface area contributed by atoms with Gasteiger partial charge in [-0.05, 0) is 36.4 Å². The molecule has 1 heterocycles. The number of aliphatic imine (C=N–C) groups is 1. The third-order valence-corrected chi connectivity index (χ3v) is 5.56. The molecule has 1 saturated heterocycles. The van der Waals surface area contributed by atoms with Gasteiger partial charge in [0.25, 0.3) is 0 Å². The summed E-state index contributed by atoms with van der Waals surface area (Å²) in [5.41, 5.74) is 1.26. The number of amides is 2. The monoisotopic (exact) mass is 425 g/mol. The summed E-state index contributed by atoms with van der Waals surface area (Å²) in [5.74, 6) is 0.853. The smallest absolute Gasteiger partial charge is 0.242 e. The number of hydrogen-bond acceptors (Lipinski definition) is 6. The van der Waals surface area contributed by atoms with Crippen molar-refractivity contribution in [1.29, 1.82) is 0 Å². The predicted molar refractivity (Wildman–Crippen MR) is 120 cm³/mol. The maximum Gasteiger partial charge on any atom is 0.242 e. The first kappa shape index (κ1) is 21.4. The lowest BCUT2D eigenvalue weighted by Gasteiger charge is -2.14. The fourth-order valence-corrected chi connectivity index (χ4v) is 4.07. The Hall–Kier alpha value is -3.26. The molecule has 30 heavy (non-hydrogen) atoms.